The average Bonchev–Trinajstić information content (AvgIpc) is 3.16. The average molecular weight is 352 g/mol. The molecule has 1 fully saturated rings. The third kappa shape index (κ3) is 4.09. The zero-order chi connectivity index (χ0) is 18.4. The molecule has 5 heteroatoms. The van der Waals surface area contributed by atoms with Crippen molar-refractivity contribution in [3.05, 3.63) is 53.6 Å². The van der Waals surface area contributed by atoms with Gasteiger partial charge in [-0.15, -0.1) is 0 Å². The summed E-state index contributed by atoms with van der Waals surface area (Å²) in [6.07, 6.45) is 2.27. The van der Waals surface area contributed by atoms with Crippen LogP contribution in [0.3, 0.4) is 0 Å². The monoisotopic (exact) mass is 352 g/mol. The van der Waals surface area contributed by atoms with E-state index in [0.29, 0.717) is 18.2 Å². The van der Waals surface area contributed by atoms with Crippen LogP contribution in [0.25, 0.3) is 0 Å². The lowest BCUT2D eigenvalue weighted by atomic mass is 10.0. The Bertz CT molecular complexity index is 768. The summed E-state index contributed by atoms with van der Waals surface area (Å²) in [5, 5.41) is 8.85. The van der Waals surface area contributed by atoms with Crippen molar-refractivity contribution in [1.82, 2.24) is 4.90 Å². The number of ether oxygens (including phenoxy) is 3. The van der Waals surface area contributed by atoms with Gasteiger partial charge in [0.2, 0.25) is 0 Å². The third-order valence-electron chi connectivity index (χ3n) is 4.79. The first-order chi connectivity index (χ1) is 12.7. The number of likely N-dealkylation sites (tertiary alicyclic amines) is 1. The minimum absolute atomic E-state index is 0.334. The molecule has 0 amide bonds. The van der Waals surface area contributed by atoms with Gasteiger partial charge in [-0.1, -0.05) is 6.07 Å². The van der Waals surface area contributed by atoms with Crippen molar-refractivity contribution >= 4 is 0 Å². The van der Waals surface area contributed by atoms with E-state index >= 15 is 0 Å². The molecule has 1 unspecified atom stereocenters. The second kappa shape index (κ2) is 8.59. The fourth-order valence-corrected chi connectivity index (χ4v) is 3.45. The van der Waals surface area contributed by atoms with Gasteiger partial charge in [0.15, 0.2) is 0 Å². The highest BCUT2D eigenvalue weighted by Crippen LogP contribution is 2.38. The van der Waals surface area contributed by atoms with Crippen LogP contribution >= 0.6 is 0 Å². The maximum Gasteiger partial charge on any atom is 0.127 e. The van der Waals surface area contributed by atoms with Crippen LogP contribution in [-0.2, 0) is 0 Å². The van der Waals surface area contributed by atoms with E-state index in [4.69, 9.17) is 19.5 Å². The van der Waals surface area contributed by atoms with Crippen molar-refractivity contribution in [2.75, 3.05) is 33.9 Å². The van der Waals surface area contributed by atoms with Crippen molar-refractivity contribution in [1.29, 1.82) is 5.26 Å². The van der Waals surface area contributed by atoms with Crippen LogP contribution in [0.15, 0.2) is 42.5 Å². The molecule has 0 bridgehead atoms. The molecule has 1 atom stereocenters. The van der Waals surface area contributed by atoms with Gasteiger partial charge in [-0.2, -0.15) is 5.26 Å². The van der Waals surface area contributed by atoms with Crippen LogP contribution in [0.1, 0.15) is 30.0 Å². The molecular weight excluding hydrogens is 328 g/mol. The molecule has 5 nitrogen and oxygen atoms in total. The second-order valence-electron chi connectivity index (χ2n) is 6.29. The molecule has 0 aliphatic carbocycles. The molecule has 1 heterocycles. The lowest BCUT2D eigenvalue weighted by molar-refractivity contribution is 0.195. The molecule has 0 radical (unpaired) electrons. The number of nitrogens with zero attached hydrogens (tertiary/aromatic N) is 2. The van der Waals surface area contributed by atoms with Crippen LogP contribution in [0.2, 0.25) is 0 Å². The van der Waals surface area contributed by atoms with Gasteiger partial charge in [0.25, 0.3) is 0 Å². The topological polar surface area (TPSA) is 54.7 Å². The van der Waals surface area contributed by atoms with E-state index in [1.807, 2.05) is 24.3 Å². The normalized spacial score (nSPS) is 16.9. The Morgan fingerprint density at radius 2 is 1.85 bits per heavy atom. The lowest BCUT2D eigenvalue weighted by Crippen LogP contribution is -2.28. The highest BCUT2D eigenvalue weighted by Gasteiger charge is 2.28. The number of rotatable bonds is 7. The standard InChI is InChI=1S/C21H24N2O3/c1-24-18-9-10-19(21(14-18)25-2)20-4-3-11-23(20)12-13-26-17-7-5-16(15-22)6-8-17/h5-10,14,20H,3-4,11-13H2,1-2H3. The summed E-state index contributed by atoms with van der Waals surface area (Å²) in [5.74, 6) is 2.47. The molecule has 0 aromatic heterocycles. The maximum absolute atomic E-state index is 8.85. The summed E-state index contributed by atoms with van der Waals surface area (Å²) in [7, 11) is 3.36. The smallest absolute Gasteiger partial charge is 0.127 e. The number of hydrogen-bond acceptors (Lipinski definition) is 5. The lowest BCUT2D eigenvalue weighted by Gasteiger charge is -2.26. The van der Waals surface area contributed by atoms with E-state index in [9.17, 15) is 0 Å². The molecule has 0 N–H and O–H groups in total. The van der Waals surface area contributed by atoms with Gasteiger partial charge in [-0.25, -0.2) is 0 Å². The summed E-state index contributed by atoms with van der Waals surface area (Å²) in [6.45, 7) is 2.51. The first-order valence-electron chi connectivity index (χ1n) is 8.84. The van der Waals surface area contributed by atoms with Gasteiger partial charge in [0.1, 0.15) is 23.9 Å². The van der Waals surface area contributed by atoms with Crippen molar-refractivity contribution in [2.24, 2.45) is 0 Å². The van der Waals surface area contributed by atoms with Gasteiger partial charge < -0.3 is 14.2 Å². The summed E-state index contributed by atoms with van der Waals surface area (Å²) in [6, 6.07) is 15.7. The van der Waals surface area contributed by atoms with Crippen LogP contribution in [0.5, 0.6) is 17.2 Å². The maximum atomic E-state index is 8.85. The number of hydrogen-bond donors (Lipinski definition) is 0. The predicted molar refractivity (Wildman–Crippen MR) is 99.7 cm³/mol. The number of methoxy groups -OCH3 is 2. The van der Waals surface area contributed by atoms with Crippen molar-refractivity contribution < 1.29 is 14.2 Å². The van der Waals surface area contributed by atoms with Gasteiger partial charge in [-0.3, -0.25) is 4.90 Å². The molecule has 0 spiro atoms. The Morgan fingerprint density at radius 3 is 2.54 bits per heavy atom. The van der Waals surface area contributed by atoms with Crippen LogP contribution in [0.4, 0.5) is 0 Å². The summed E-state index contributed by atoms with van der Waals surface area (Å²) >= 11 is 0. The largest absolute Gasteiger partial charge is 0.497 e. The Balaban J connectivity index is 1.62. The molecule has 3 rings (SSSR count). The molecular formula is C21H24N2O3. The first-order valence-corrected chi connectivity index (χ1v) is 8.84. The van der Waals surface area contributed by atoms with Crippen LogP contribution in [-0.4, -0.2) is 38.8 Å². The van der Waals surface area contributed by atoms with E-state index in [1.54, 1.807) is 26.4 Å². The van der Waals surface area contributed by atoms with Crippen LogP contribution < -0.4 is 14.2 Å². The van der Waals surface area contributed by atoms with Crippen LogP contribution in [0, 0.1) is 11.3 Å². The Morgan fingerprint density at radius 1 is 1.08 bits per heavy atom. The van der Waals surface area contributed by atoms with Gasteiger partial charge in [0, 0.05) is 24.2 Å². The first kappa shape index (κ1) is 18.1. The van der Waals surface area contributed by atoms with E-state index in [1.165, 1.54) is 5.56 Å². The minimum Gasteiger partial charge on any atom is -0.497 e. The zero-order valence-electron chi connectivity index (χ0n) is 15.3. The SMILES string of the molecule is COc1ccc(C2CCCN2CCOc2ccc(C#N)cc2)c(OC)c1. The quantitative estimate of drug-likeness (QED) is 0.759. The van der Waals surface area contributed by atoms with E-state index in [2.05, 4.69) is 17.0 Å². The molecule has 1 saturated heterocycles. The number of nitriles is 1. The zero-order valence-corrected chi connectivity index (χ0v) is 15.3. The summed E-state index contributed by atoms with van der Waals surface area (Å²) < 4.78 is 16.7. The minimum atomic E-state index is 0.334. The fraction of sp³-hybridized carbons (Fsp3) is 0.381. The highest BCUT2D eigenvalue weighted by atomic mass is 16.5. The summed E-state index contributed by atoms with van der Waals surface area (Å²) in [5.41, 5.74) is 1.84. The second-order valence-corrected chi connectivity index (χ2v) is 6.29. The molecule has 1 aliphatic rings. The predicted octanol–water partition coefficient (Wildman–Crippen LogP) is 3.79. The van der Waals surface area contributed by atoms with Crippen molar-refractivity contribution in [3.63, 3.8) is 0 Å². The molecule has 0 saturated carbocycles. The molecule has 136 valence electrons. The van der Waals surface area contributed by atoms with E-state index in [-0.39, 0.29) is 0 Å². The van der Waals surface area contributed by atoms with E-state index < -0.39 is 0 Å². The molecule has 2 aromatic carbocycles. The highest BCUT2D eigenvalue weighted by molar-refractivity contribution is 5.43. The van der Waals surface area contributed by atoms with Gasteiger partial charge >= 0.3 is 0 Å². The molecule has 2 aromatic rings. The Kier molecular flexibility index (Phi) is 5.98. The summed E-state index contributed by atoms with van der Waals surface area (Å²) in [4.78, 5) is 2.44. The van der Waals surface area contributed by atoms with Crippen molar-refractivity contribution in [2.45, 2.75) is 18.9 Å². The Hall–Kier alpha value is -2.71. The molecule has 26 heavy (non-hydrogen) atoms. The van der Waals surface area contributed by atoms with Gasteiger partial charge in [-0.05, 0) is 49.7 Å². The Labute approximate surface area is 154 Å². The van der Waals surface area contributed by atoms with Crippen molar-refractivity contribution in [3.8, 4) is 23.3 Å². The molecule has 1 aliphatic heterocycles. The van der Waals surface area contributed by atoms with Gasteiger partial charge in [0.05, 0.1) is 25.9 Å². The fourth-order valence-electron chi connectivity index (χ4n) is 3.45. The van der Waals surface area contributed by atoms with E-state index in [0.717, 1.165) is 43.2 Å². The number of benzene rings is 2. The third-order valence-corrected chi connectivity index (χ3v) is 4.79.